The maximum absolute atomic E-state index is 8.24. The maximum Gasteiger partial charge on any atom is -0.0159 e. The van der Waals surface area contributed by atoms with Crippen LogP contribution in [0.1, 0.15) is 0 Å². The highest BCUT2D eigenvalue weighted by Crippen LogP contribution is 0.949. The van der Waals surface area contributed by atoms with Crippen molar-refractivity contribution >= 4 is 6.08 Å². The molecule has 0 unspecified atom stereocenters. The normalized spacial score (nSPS) is 2.00. The lowest BCUT2D eigenvalue weighted by Crippen LogP contribution is -1.13. The fourth-order valence-corrected chi connectivity index (χ4v) is 0. The summed E-state index contributed by atoms with van der Waals surface area (Å²) in [4.78, 5) is 8.24. The van der Waals surface area contributed by atoms with Crippen LogP contribution < -0.4 is 6.15 Å². The van der Waals surface area contributed by atoms with E-state index in [9.17, 15) is 0 Å². The van der Waals surface area contributed by atoms with E-state index in [2.05, 4.69) is 0 Å². The molecule has 4 heavy (non-hydrogen) atoms. The van der Waals surface area contributed by atoms with Crippen LogP contribution in [-0.2, 0) is 4.79 Å². The molecular weight excluding hydrogens is 56.0 g/mol. The summed E-state index contributed by atoms with van der Waals surface area (Å²) >= 11 is 0. The Balaban J connectivity index is 0. The lowest BCUT2D eigenvalue weighted by molar-refractivity contribution is 0.569. The van der Waals surface area contributed by atoms with E-state index >= 15 is 0 Å². The first-order chi connectivity index (χ1) is 1.41. The van der Waals surface area contributed by atoms with Crippen molar-refractivity contribution < 1.29 is 4.79 Å². The number of hydrogen-bond acceptors (Lipinski definition) is 1. The predicted molar refractivity (Wildman–Crippen MR) is 15.0 cm³/mol. The second-order valence-corrected chi connectivity index (χ2v) is 0.0913. The third kappa shape index (κ3) is 0.356. The first-order valence-corrected chi connectivity index (χ1v) is 0.428. The molecule has 0 radical (unpaired) electrons. The average Bonchev–Trinajstić information content (AvgIpc) is 0.918. The van der Waals surface area contributed by atoms with Gasteiger partial charge in [0.05, 0.1) is 0 Å². The van der Waals surface area contributed by atoms with E-state index in [1.165, 1.54) is 0 Å². The number of carbonyl (C=O) groups excluding carboxylic acids is 1. The molecule has 0 heterocycles. The van der Waals surface area contributed by atoms with Crippen LogP contribution in [0.5, 0.6) is 0 Å². The molecule has 3 heteroatoms. The number of quaternary nitrogens is 1. The zero-order chi connectivity index (χ0) is 2.71. The zero-order valence-electron chi connectivity index (χ0n) is 2.36. The van der Waals surface area contributed by atoms with Gasteiger partial charge in [0.25, 0.3) is 0 Å². The van der Waals surface area contributed by atoms with Crippen LogP contribution in [0.25, 0.3) is 5.41 Å². The third-order valence-corrected chi connectivity index (χ3v) is 0. The van der Waals surface area contributed by atoms with Crippen molar-refractivity contribution in [1.29, 1.82) is 0 Å². The zero-order valence-corrected chi connectivity index (χ0v) is 2.36. The van der Waals surface area contributed by atoms with Crippen molar-refractivity contribution in [3.05, 3.63) is 5.41 Å². The summed E-state index contributed by atoms with van der Waals surface area (Å²) in [6.45, 7) is 0. The van der Waals surface area contributed by atoms with Gasteiger partial charge in [0.2, 0.25) is 0 Å². The Morgan fingerprint density at radius 3 is 1.75 bits per heavy atom. The Hall–Kier alpha value is -0.660. The fraction of sp³-hybridized carbons (Fsp3) is 0. The molecular formula is CH4N2O. The van der Waals surface area contributed by atoms with E-state index in [1.807, 2.05) is 0 Å². The SMILES string of the molecule is [N-]=C=O.[NH4+]. The molecule has 0 aliphatic rings. The molecule has 0 spiro atoms. The van der Waals surface area contributed by atoms with Crippen molar-refractivity contribution in [2.75, 3.05) is 0 Å². The first kappa shape index (κ1) is 10.2. The second-order valence-electron chi connectivity index (χ2n) is 0.0913. The molecule has 0 rings (SSSR count). The molecule has 0 aromatic carbocycles. The van der Waals surface area contributed by atoms with Gasteiger partial charge in [0.1, 0.15) is 0 Å². The minimum Gasteiger partial charge on any atom is -0.724 e. The highest BCUT2D eigenvalue weighted by Gasteiger charge is 0.791. The van der Waals surface area contributed by atoms with Crippen LogP contribution in [0, 0.1) is 0 Å². The van der Waals surface area contributed by atoms with Gasteiger partial charge in [-0.25, -0.2) is 0 Å². The molecule has 0 aliphatic heterocycles. The number of hydrogen-bond donors (Lipinski definition) is 1. The Morgan fingerprint density at radius 2 is 1.75 bits per heavy atom. The maximum atomic E-state index is 8.24. The van der Waals surface area contributed by atoms with Gasteiger partial charge in [-0.1, -0.05) is 0 Å². The Morgan fingerprint density at radius 1 is 1.75 bits per heavy atom. The molecule has 24 valence electrons. The fourth-order valence-electron chi connectivity index (χ4n) is 0. The van der Waals surface area contributed by atoms with E-state index in [0.717, 1.165) is 0 Å². The average molecular weight is 60.1 g/mol. The van der Waals surface area contributed by atoms with E-state index in [4.69, 9.17) is 10.2 Å². The predicted octanol–water partition coefficient (Wildman–Crippen LogP) is 0.268. The molecule has 0 fully saturated rings. The minimum absolute atomic E-state index is 0. The van der Waals surface area contributed by atoms with Crippen LogP contribution in [-0.4, -0.2) is 6.08 Å². The molecule has 3 nitrogen and oxygen atoms in total. The molecule has 0 saturated heterocycles. The molecule has 0 bridgehead atoms. The van der Waals surface area contributed by atoms with Crippen LogP contribution >= 0.6 is 0 Å². The van der Waals surface area contributed by atoms with Crippen molar-refractivity contribution in [1.82, 2.24) is 6.15 Å². The topological polar surface area (TPSA) is 75.9 Å². The molecule has 0 aromatic rings. The summed E-state index contributed by atoms with van der Waals surface area (Å²) < 4.78 is 0. The monoisotopic (exact) mass is 60.0 g/mol. The van der Waals surface area contributed by atoms with Crippen molar-refractivity contribution in [2.45, 2.75) is 0 Å². The summed E-state index contributed by atoms with van der Waals surface area (Å²) in [7, 11) is 0. The van der Waals surface area contributed by atoms with E-state index in [0.29, 0.717) is 6.08 Å². The summed E-state index contributed by atoms with van der Waals surface area (Å²) in [5, 5.41) is 6.76. The summed E-state index contributed by atoms with van der Waals surface area (Å²) in [6.07, 6.45) is 0.500. The molecule has 0 aromatic heterocycles. The summed E-state index contributed by atoms with van der Waals surface area (Å²) in [5.41, 5.74) is 0. The minimum atomic E-state index is 0. The van der Waals surface area contributed by atoms with E-state index in [1.54, 1.807) is 0 Å². The highest BCUT2D eigenvalue weighted by molar-refractivity contribution is 5.36. The Labute approximate surface area is 23.7 Å². The first-order valence-electron chi connectivity index (χ1n) is 0.428. The molecule has 0 aliphatic carbocycles. The summed E-state index contributed by atoms with van der Waals surface area (Å²) in [6, 6.07) is 0. The third-order valence-electron chi connectivity index (χ3n) is 0. The van der Waals surface area contributed by atoms with Crippen molar-refractivity contribution in [2.24, 2.45) is 0 Å². The van der Waals surface area contributed by atoms with Gasteiger partial charge in [0.15, 0.2) is 0 Å². The smallest absolute Gasteiger partial charge is 0.0159 e. The molecule has 0 amide bonds. The molecule has 4 N–H and O–H groups in total. The number of isocyanates is 1. The van der Waals surface area contributed by atoms with Gasteiger partial charge in [-0.15, -0.1) is 0 Å². The van der Waals surface area contributed by atoms with Gasteiger partial charge in [-0.3, -0.25) is 4.79 Å². The lowest BCUT2D eigenvalue weighted by atomic mass is 11.7. The molecule has 0 saturated carbocycles. The van der Waals surface area contributed by atoms with Crippen molar-refractivity contribution in [3.63, 3.8) is 0 Å². The van der Waals surface area contributed by atoms with Crippen LogP contribution in [0.4, 0.5) is 0 Å². The second kappa shape index (κ2) is 36.3. The quantitative estimate of drug-likeness (QED) is 0.316. The van der Waals surface area contributed by atoms with Crippen LogP contribution in [0.2, 0.25) is 0 Å². The van der Waals surface area contributed by atoms with Crippen LogP contribution in [0.3, 0.4) is 0 Å². The number of rotatable bonds is 0. The lowest BCUT2D eigenvalue weighted by Gasteiger charge is -1.32. The van der Waals surface area contributed by atoms with Gasteiger partial charge >= 0.3 is 0 Å². The molecule has 0 atom stereocenters. The standard InChI is InChI=1S/CNO.H3N/c2-1-3;/h;1H3/q-1;/p+1. The van der Waals surface area contributed by atoms with Gasteiger partial charge < -0.3 is 11.6 Å². The highest BCUT2D eigenvalue weighted by atomic mass is 16.1. The van der Waals surface area contributed by atoms with Gasteiger partial charge in [-0.05, 0) is 6.08 Å². The Kier molecular flexibility index (Phi) is 92.5. The van der Waals surface area contributed by atoms with E-state index < -0.39 is 0 Å². The van der Waals surface area contributed by atoms with Gasteiger partial charge in [0, 0.05) is 0 Å². The van der Waals surface area contributed by atoms with Crippen LogP contribution in [0.15, 0.2) is 0 Å². The summed E-state index contributed by atoms with van der Waals surface area (Å²) in [5.74, 6) is 0. The van der Waals surface area contributed by atoms with Gasteiger partial charge in [-0.2, -0.15) is 0 Å². The van der Waals surface area contributed by atoms with E-state index in [-0.39, 0.29) is 6.15 Å². The Bertz CT molecular complexity index is 27.0. The number of nitrogens with zero attached hydrogens (tertiary/aromatic N) is 1. The van der Waals surface area contributed by atoms with Crippen molar-refractivity contribution in [3.8, 4) is 0 Å². The largest absolute Gasteiger partial charge is 0.724 e.